The van der Waals surface area contributed by atoms with E-state index in [0.717, 1.165) is 16.4 Å². The molecule has 0 atom stereocenters. The van der Waals surface area contributed by atoms with Crippen molar-refractivity contribution in [3.8, 4) is 0 Å². The molecule has 2 rings (SSSR count). The Balaban J connectivity index is 2.05. The number of hydrogen-bond donors (Lipinski definition) is 1. The molecule has 4 nitrogen and oxygen atoms in total. The number of halogens is 3. The molecule has 0 radical (unpaired) electrons. The molecule has 124 valence electrons. The number of benzene rings is 1. The van der Waals surface area contributed by atoms with E-state index in [-0.39, 0.29) is 11.1 Å². The first-order valence-electron chi connectivity index (χ1n) is 7.06. The second-order valence-electron chi connectivity index (χ2n) is 6.32. The molecular weight excluding hydrogens is 307 g/mol. The topological polar surface area (TPSA) is 46.9 Å². The molecule has 0 unspecified atom stereocenters. The number of nitrogens with zero attached hydrogens (tertiary/aromatic N) is 2. The van der Waals surface area contributed by atoms with E-state index in [1.165, 1.54) is 6.20 Å². The molecule has 0 aliphatic rings. The molecule has 0 fully saturated rings. The van der Waals surface area contributed by atoms with Crippen LogP contribution in [0.4, 0.5) is 18.9 Å². The van der Waals surface area contributed by atoms with Crippen molar-refractivity contribution in [2.75, 3.05) is 5.32 Å². The molecule has 0 aliphatic heterocycles. The van der Waals surface area contributed by atoms with Crippen LogP contribution in [0, 0.1) is 0 Å². The molecule has 1 aromatic carbocycles. The number of aromatic nitrogens is 2. The first kappa shape index (κ1) is 17.1. The van der Waals surface area contributed by atoms with Crippen LogP contribution in [0.25, 0.3) is 0 Å². The van der Waals surface area contributed by atoms with Gasteiger partial charge in [0, 0.05) is 11.8 Å². The third-order valence-electron chi connectivity index (χ3n) is 3.25. The molecule has 1 heterocycles. The maximum absolute atomic E-state index is 12.3. The normalized spacial score (nSPS) is 12.3. The molecule has 1 aromatic heterocycles. The summed E-state index contributed by atoms with van der Waals surface area (Å²) in [5.74, 6) is -0.392. The highest BCUT2D eigenvalue weighted by molar-refractivity contribution is 6.04. The number of carbonyl (C=O) groups is 1. The van der Waals surface area contributed by atoms with Crippen LogP contribution in [-0.4, -0.2) is 21.9 Å². The minimum Gasteiger partial charge on any atom is -0.319 e. The number of alkyl halides is 3. The van der Waals surface area contributed by atoms with Gasteiger partial charge in [0.05, 0.1) is 11.9 Å². The molecule has 0 bridgehead atoms. The molecule has 2 aromatic rings. The predicted molar refractivity (Wildman–Crippen MR) is 81.4 cm³/mol. The van der Waals surface area contributed by atoms with Crippen molar-refractivity contribution in [2.45, 2.75) is 38.9 Å². The average Bonchev–Trinajstić information content (AvgIpc) is 2.82. The Hall–Kier alpha value is -2.31. The smallest absolute Gasteiger partial charge is 0.319 e. The highest BCUT2D eigenvalue weighted by Crippen LogP contribution is 2.22. The average molecular weight is 325 g/mol. The van der Waals surface area contributed by atoms with Crippen LogP contribution < -0.4 is 5.32 Å². The third-order valence-corrected chi connectivity index (χ3v) is 3.25. The lowest BCUT2D eigenvalue weighted by molar-refractivity contribution is -0.142. The van der Waals surface area contributed by atoms with Gasteiger partial charge in [0.15, 0.2) is 0 Å². The van der Waals surface area contributed by atoms with Crippen LogP contribution in [0.1, 0.15) is 36.7 Å². The van der Waals surface area contributed by atoms with Gasteiger partial charge in [0.1, 0.15) is 6.54 Å². The van der Waals surface area contributed by atoms with E-state index in [2.05, 4.69) is 31.2 Å². The van der Waals surface area contributed by atoms with Gasteiger partial charge in [-0.05, 0) is 23.1 Å². The minimum atomic E-state index is -4.35. The highest BCUT2D eigenvalue weighted by atomic mass is 19.4. The summed E-state index contributed by atoms with van der Waals surface area (Å²) in [5, 5.41) is 6.11. The van der Waals surface area contributed by atoms with Gasteiger partial charge in [-0.15, -0.1) is 0 Å². The summed E-state index contributed by atoms with van der Waals surface area (Å²) in [6.45, 7) is 5.01. The fourth-order valence-electron chi connectivity index (χ4n) is 2.02. The van der Waals surface area contributed by atoms with Crippen molar-refractivity contribution in [3.05, 3.63) is 47.8 Å². The van der Waals surface area contributed by atoms with E-state index in [0.29, 0.717) is 5.56 Å². The second-order valence-corrected chi connectivity index (χ2v) is 6.32. The van der Waals surface area contributed by atoms with E-state index < -0.39 is 18.6 Å². The van der Waals surface area contributed by atoms with Crippen LogP contribution in [0.2, 0.25) is 0 Å². The molecule has 1 N–H and O–H groups in total. The Morgan fingerprint density at radius 2 is 1.78 bits per heavy atom. The van der Waals surface area contributed by atoms with Crippen molar-refractivity contribution in [1.29, 1.82) is 0 Å². The molecule has 0 saturated carbocycles. The van der Waals surface area contributed by atoms with Gasteiger partial charge < -0.3 is 5.32 Å². The number of amides is 1. The summed E-state index contributed by atoms with van der Waals surface area (Å²) < 4.78 is 37.5. The summed E-state index contributed by atoms with van der Waals surface area (Å²) in [5.41, 5.74) is 1.72. The molecule has 0 aliphatic carbocycles. The summed E-state index contributed by atoms with van der Waals surface area (Å²) >= 11 is 0. The lowest BCUT2D eigenvalue weighted by Crippen LogP contribution is -2.18. The standard InChI is InChI=1S/C16H18F3N3O/c1-15(2,3)12-6-4-11(5-7-12)14(23)21-13-8-20-22(9-13)10-16(17,18)19/h4-9H,10H2,1-3H3,(H,21,23). The minimum absolute atomic E-state index is 0.0201. The van der Waals surface area contributed by atoms with Gasteiger partial charge in [0.25, 0.3) is 5.91 Å². The monoisotopic (exact) mass is 325 g/mol. The van der Waals surface area contributed by atoms with Gasteiger partial charge in [-0.2, -0.15) is 18.3 Å². The fraction of sp³-hybridized carbons (Fsp3) is 0.375. The van der Waals surface area contributed by atoms with Crippen molar-refractivity contribution in [2.24, 2.45) is 0 Å². The van der Waals surface area contributed by atoms with Crippen LogP contribution in [0.3, 0.4) is 0 Å². The third kappa shape index (κ3) is 4.84. The van der Waals surface area contributed by atoms with Gasteiger partial charge in [-0.3, -0.25) is 9.48 Å². The first-order chi connectivity index (χ1) is 10.5. The Kier molecular flexibility index (Phi) is 4.49. The summed E-state index contributed by atoms with van der Waals surface area (Å²) in [7, 11) is 0. The number of rotatable bonds is 3. The van der Waals surface area contributed by atoms with Gasteiger partial charge in [-0.1, -0.05) is 32.9 Å². The van der Waals surface area contributed by atoms with E-state index in [4.69, 9.17) is 0 Å². The maximum atomic E-state index is 12.3. The zero-order valence-corrected chi connectivity index (χ0v) is 13.1. The number of hydrogen-bond acceptors (Lipinski definition) is 2. The maximum Gasteiger partial charge on any atom is 0.408 e. The SMILES string of the molecule is CC(C)(C)c1ccc(C(=O)Nc2cnn(CC(F)(F)F)c2)cc1. The first-order valence-corrected chi connectivity index (χ1v) is 7.06. The Bertz CT molecular complexity index is 682. The van der Waals surface area contributed by atoms with Crippen LogP contribution in [0.15, 0.2) is 36.7 Å². The quantitative estimate of drug-likeness (QED) is 0.927. The van der Waals surface area contributed by atoms with Gasteiger partial charge in [0.2, 0.25) is 0 Å². The summed E-state index contributed by atoms with van der Waals surface area (Å²) in [6.07, 6.45) is -2.02. The Labute approximate surface area is 132 Å². The zero-order valence-electron chi connectivity index (χ0n) is 13.1. The zero-order chi connectivity index (χ0) is 17.3. The molecule has 7 heteroatoms. The van der Waals surface area contributed by atoms with Crippen molar-refractivity contribution in [1.82, 2.24) is 9.78 Å². The number of anilines is 1. The summed E-state index contributed by atoms with van der Waals surface area (Å²) in [4.78, 5) is 12.1. The van der Waals surface area contributed by atoms with Crippen molar-refractivity contribution >= 4 is 11.6 Å². The van der Waals surface area contributed by atoms with Gasteiger partial charge in [-0.25, -0.2) is 0 Å². The number of carbonyl (C=O) groups excluding carboxylic acids is 1. The predicted octanol–water partition coefficient (Wildman–Crippen LogP) is 4.00. The van der Waals surface area contributed by atoms with Crippen molar-refractivity contribution in [3.63, 3.8) is 0 Å². The van der Waals surface area contributed by atoms with Crippen LogP contribution >= 0.6 is 0 Å². The van der Waals surface area contributed by atoms with E-state index >= 15 is 0 Å². The molecule has 1 amide bonds. The largest absolute Gasteiger partial charge is 0.408 e. The Morgan fingerprint density at radius 3 is 2.30 bits per heavy atom. The van der Waals surface area contributed by atoms with Crippen LogP contribution in [0.5, 0.6) is 0 Å². The Morgan fingerprint density at radius 1 is 1.17 bits per heavy atom. The number of nitrogens with one attached hydrogen (secondary N) is 1. The van der Waals surface area contributed by atoms with E-state index in [1.54, 1.807) is 12.1 Å². The lowest BCUT2D eigenvalue weighted by Gasteiger charge is -2.19. The molecular formula is C16H18F3N3O. The summed E-state index contributed by atoms with van der Waals surface area (Å²) in [6, 6.07) is 7.11. The molecule has 0 saturated heterocycles. The van der Waals surface area contributed by atoms with Gasteiger partial charge >= 0.3 is 6.18 Å². The van der Waals surface area contributed by atoms with Crippen molar-refractivity contribution < 1.29 is 18.0 Å². The second kappa shape index (κ2) is 6.06. The fourth-order valence-corrected chi connectivity index (χ4v) is 2.02. The highest BCUT2D eigenvalue weighted by Gasteiger charge is 2.28. The van der Waals surface area contributed by atoms with Crippen LogP contribution in [-0.2, 0) is 12.0 Å². The molecule has 0 spiro atoms. The lowest BCUT2D eigenvalue weighted by atomic mass is 9.87. The molecule has 23 heavy (non-hydrogen) atoms. The van der Waals surface area contributed by atoms with E-state index in [1.807, 2.05) is 12.1 Å². The van der Waals surface area contributed by atoms with E-state index in [9.17, 15) is 18.0 Å².